The van der Waals surface area contributed by atoms with Gasteiger partial charge in [0.2, 0.25) is 9.84 Å². The number of pyridine rings is 1. The molecular formula is C29H26N2O6S. The lowest BCUT2D eigenvalue weighted by Crippen LogP contribution is -2.14. The van der Waals surface area contributed by atoms with Gasteiger partial charge in [-0.3, -0.25) is 9.78 Å². The highest BCUT2D eigenvalue weighted by Gasteiger charge is 2.29. The molecule has 0 bridgehead atoms. The number of rotatable bonds is 8. The van der Waals surface area contributed by atoms with Crippen LogP contribution in [-0.2, 0) is 21.0 Å². The third-order valence-corrected chi connectivity index (χ3v) is 8.21. The van der Waals surface area contributed by atoms with E-state index in [4.69, 9.17) is 15.2 Å². The normalized spacial score (nSPS) is 11.1. The number of ether oxygens (including phenoxy) is 2. The van der Waals surface area contributed by atoms with Crippen LogP contribution in [0, 0.1) is 6.92 Å². The van der Waals surface area contributed by atoms with E-state index >= 15 is 0 Å². The first kappa shape index (κ1) is 26.6. The molecule has 0 spiro atoms. The maximum Gasteiger partial charge on any atom is 0.339 e. The van der Waals surface area contributed by atoms with Gasteiger partial charge in [0.15, 0.2) is 6.29 Å². The molecule has 4 rings (SSSR count). The minimum atomic E-state index is -4.10. The van der Waals surface area contributed by atoms with Gasteiger partial charge in [0.1, 0.15) is 5.75 Å². The number of hydrogen-bond donors (Lipinski definition) is 1. The third kappa shape index (κ3) is 5.01. The van der Waals surface area contributed by atoms with E-state index in [1.54, 1.807) is 37.5 Å². The van der Waals surface area contributed by atoms with Crippen LogP contribution in [0.15, 0.2) is 82.8 Å². The van der Waals surface area contributed by atoms with Crippen molar-refractivity contribution in [3.63, 3.8) is 0 Å². The van der Waals surface area contributed by atoms with Crippen molar-refractivity contribution in [2.45, 2.75) is 23.1 Å². The van der Waals surface area contributed by atoms with E-state index in [1.165, 1.54) is 44.6 Å². The average molecular weight is 531 g/mol. The Bertz CT molecular complexity index is 1620. The molecule has 0 amide bonds. The summed E-state index contributed by atoms with van der Waals surface area (Å²) in [5, 5.41) is 0. The molecule has 0 saturated heterocycles. The summed E-state index contributed by atoms with van der Waals surface area (Å²) < 4.78 is 37.3. The molecule has 0 aliphatic rings. The number of anilines is 1. The quantitative estimate of drug-likeness (QED) is 0.198. The summed E-state index contributed by atoms with van der Waals surface area (Å²) in [5.41, 5.74) is 9.70. The number of benzene rings is 3. The predicted molar refractivity (Wildman–Crippen MR) is 143 cm³/mol. The summed E-state index contributed by atoms with van der Waals surface area (Å²) in [6, 6.07) is 16.2. The van der Waals surface area contributed by atoms with Crippen molar-refractivity contribution in [3.8, 4) is 16.9 Å². The maximum absolute atomic E-state index is 13.6. The monoisotopic (exact) mass is 530 g/mol. The number of hydrogen-bond acceptors (Lipinski definition) is 8. The second-order valence-electron chi connectivity index (χ2n) is 8.60. The van der Waals surface area contributed by atoms with Gasteiger partial charge in [-0.1, -0.05) is 24.3 Å². The number of aromatic nitrogens is 1. The lowest BCUT2D eigenvalue weighted by atomic mass is 9.92. The first-order valence-corrected chi connectivity index (χ1v) is 13.1. The van der Waals surface area contributed by atoms with Crippen molar-refractivity contribution in [3.05, 3.63) is 101 Å². The number of aldehydes is 1. The Hall–Kier alpha value is -4.50. The second kappa shape index (κ2) is 10.9. The number of nitrogen functional groups attached to an aromatic ring is 1. The zero-order chi connectivity index (χ0) is 27.4. The molecule has 3 aromatic carbocycles. The molecule has 0 aliphatic heterocycles. The van der Waals surface area contributed by atoms with Crippen molar-refractivity contribution in [2.24, 2.45) is 0 Å². The van der Waals surface area contributed by atoms with Crippen molar-refractivity contribution in [1.29, 1.82) is 0 Å². The molecule has 0 saturated carbocycles. The Morgan fingerprint density at radius 1 is 1.05 bits per heavy atom. The van der Waals surface area contributed by atoms with Crippen LogP contribution >= 0.6 is 0 Å². The first-order valence-electron chi connectivity index (χ1n) is 11.6. The second-order valence-corrected chi connectivity index (χ2v) is 10.5. The Morgan fingerprint density at radius 3 is 2.39 bits per heavy atom. The van der Waals surface area contributed by atoms with Crippen molar-refractivity contribution in [2.75, 3.05) is 20.0 Å². The summed E-state index contributed by atoms with van der Waals surface area (Å²) in [4.78, 5) is 28.9. The van der Waals surface area contributed by atoms with Gasteiger partial charge < -0.3 is 15.2 Å². The number of nitrogens with two attached hydrogens (primary N) is 1. The Kier molecular flexibility index (Phi) is 7.59. The fourth-order valence-electron chi connectivity index (χ4n) is 4.36. The van der Waals surface area contributed by atoms with Crippen LogP contribution in [0.5, 0.6) is 5.75 Å². The number of sulfone groups is 1. The number of carbonyl (C=O) groups excluding carboxylic acids is 2. The lowest BCUT2D eigenvalue weighted by molar-refractivity contribution is 0.0596. The molecule has 0 fully saturated rings. The van der Waals surface area contributed by atoms with Crippen LogP contribution in [0.3, 0.4) is 0 Å². The Balaban J connectivity index is 1.86. The van der Waals surface area contributed by atoms with Gasteiger partial charge >= 0.3 is 5.97 Å². The lowest BCUT2D eigenvalue weighted by Gasteiger charge is -2.17. The van der Waals surface area contributed by atoms with Gasteiger partial charge in [-0.15, -0.1) is 0 Å². The summed E-state index contributed by atoms with van der Waals surface area (Å²) in [7, 11) is -1.44. The largest absolute Gasteiger partial charge is 0.497 e. The van der Waals surface area contributed by atoms with Gasteiger partial charge in [-0.2, -0.15) is 0 Å². The highest BCUT2D eigenvalue weighted by molar-refractivity contribution is 7.91. The van der Waals surface area contributed by atoms with Crippen molar-refractivity contribution in [1.82, 2.24) is 4.98 Å². The van der Waals surface area contributed by atoms with Gasteiger partial charge in [-0.05, 0) is 71.1 Å². The standard InChI is InChI=1S/C29H26N2O6S/c1-18-13-21(24-11-6-20(27(30)26(24)17-32)14-19-5-4-12-31-16-19)15-25(29(33)37-3)28(18)38(34,35)23-9-7-22(36-2)8-10-23/h4-13,15-17H,14,30H2,1-3H3. The number of methoxy groups -OCH3 is 2. The molecule has 194 valence electrons. The summed E-state index contributed by atoms with van der Waals surface area (Å²) in [6.45, 7) is 1.59. The van der Waals surface area contributed by atoms with E-state index in [-0.39, 0.29) is 20.9 Å². The summed E-state index contributed by atoms with van der Waals surface area (Å²) in [5.74, 6) is -0.328. The van der Waals surface area contributed by atoms with Crippen LogP contribution in [0.2, 0.25) is 0 Å². The molecule has 0 radical (unpaired) electrons. The van der Waals surface area contributed by atoms with Crippen molar-refractivity contribution < 1.29 is 27.5 Å². The number of carbonyl (C=O) groups is 2. The van der Waals surface area contributed by atoms with Crippen LogP contribution in [0.4, 0.5) is 5.69 Å². The van der Waals surface area contributed by atoms with Crippen LogP contribution < -0.4 is 10.5 Å². The smallest absolute Gasteiger partial charge is 0.339 e. The zero-order valence-corrected chi connectivity index (χ0v) is 21.9. The van der Waals surface area contributed by atoms with Crippen LogP contribution in [0.25, 0.3) is 11.1 Å². The third-order valence-electron chi connectivity index (χ3n) is 6.24. The van der Waals surface area contributed by atoms with E-state index in [0.29, 0.717) is 40.8 Å². The van der Waals surface area contributed by atoms with Gasteiger partial charge in [0.25, 0.3) is 0 Å². The molecular weight excluding hydrogens is 504 g/mol. The topological polar surface area (TPSA) is 126 Å². The highest BCUT2D eigenvalue weighted by atomic mass is 32.2. The molecule has 0 atom stereocenters. The van der Waals surface area contributed by atoms with Crippen LogP contribution in [0.1, 0.15) is 37.4 Å². The van der Waals surface area contributed by atoms with Crippen molar-refractivity contribution >= 4 is 27.8 Å². The van der Waals surface area contributed by atoms with Gasteiger partial charge in [0.05, 0.1) is 29.6 Å². The number of esters is 1. The fourth-order valence-corrected chi connectivity index (χ4v) is 6.00. The van der Waals surface area contributed by atoms with Gasteiger partial charge in [0, 0.05) is 30.1 Å². The summed E-state index contributed by atoms with van der Waals surface area (Å²) >= 11 is 0. The molecule has 0 aliphatic carbocycles. The molecule has 2 N–H and O–H groups in total. The SMILES string of the molecule is COC(=O)c1cc(-c2ccc(Cc3cccnc3)c(N)c2C=O)cc(C)c1S(=O)(=O)c1ccc(OC)cc1. The molecule has 38 heavy (non-hydrogen) atoms. The first-order chi connectivity index (χ1) is 18.2. The maximum atomic E-state index is 13.6. The average Bonchev–Trinajstić information content (AvgIpc) is 2.93. The predicted octanol–water partition coefficient (Wildman–Crippen LogP) is 4.67. The number of aryl methyl sites for hydroxylation is 1. The zero-order valence-electron chi connectivity index (χ0n) is 21.1. The van der Waals surface area contributed by atoms with Crippen LogP contribution in [-0.4, -0.2) is 39.9 Å². The molecule has 1 aromatic heterocycles. The number of nitrogens with zero attached hydrogens (tertiary/aromatic N) is 1. The van der Waals surface area contributed by atoms with E-state index in [9.17, 15) is 18.0 Å². The van der Waals surface area contributed by atoms with E-state index in [1.807, 2.05) is 12.1 Å². The molecule has 4 aromatic rings. The Morgan fingerprint density at radius 2 is 1.79 bits per heavy atom. The molecule has 0 unspecified atom stereocenters. The highest BCUT2D eigenvalue weighted by Crippen LogP contribution is 2.36. The molecule has 8 nitrogen and oxygen atoms in total. The minimum Gasteiger partial charge on any atom is -0.497 e. The van der Waals surface area contributed by atoms with E-state index in [0.717, 1.165) is 11.1 Å². The van der Waals surface area contributed by atoms with E-state index < -0.39 is 15.8 Å². The fraction of sp³-hybridized carbons (Fsp3) is 0.138. The summed E-state index contributed by atoms with van der Waals surface area (Å²) in [6.07, 6.45) is 4.54. The molecule has 1 heterocycles. The molecule has 9 heteroatoms. The minimum absolute atomic E-state index is 0.00289. The van der Waals surface area contributed by atoms with Gasteiger partial charge in [-0.25, -0.2) is 13.2 Å². The van der Waals surface area contributed by atoms with E-state index in [2.05, 4.69) is 4.98 Å². The Labute approximate surface area is 221 Å².